The van der Waals surface area contributed by atoms with E-state index < -0.39 is 6.10 Å². The predicted octanol–water partition coefficient (Wildman–Crippen LogP) is 1.63. The third-order valence-corrected chi connectivity index (χ3v) is 3.48. The van der Waals surface area contributed by atoms with Crippen LogP contribution in [0.5, 0.6) is 5.75 Å². The maximum atomic E-state index is 12.4. The summed E-state index contributed by atoms with van der Waals surface area (Å²) in [4.78, 5) is 12.4. The van der Waals surface area contributed by atoms with Crippen LogP contribution in [0.1, 0.15) is 10.5 Å². The quantitative estimate of drug-likeness (QED) is 0.851. The first-order valence-corrected chi connectivity index (χ1v) is 6.55. The average molecular weight is 323 g/mol. The molecule has 19 heavy (non-hydrogen) atoms. The van der Waals surface area contributed by atoms with Gasteiger partial charge >= 0.3 is 0 Å². The summed E-state index contributed by atoms with van der Waals surface area (Å²) in [5.41, 5.74) is 1.31. The molecule has 98 valence electrons. The Hall–Kier alpha value is -1.89. The van der Waals surface area contributed by atoms with Crippen LogP contribution in [-0.2, 0) is 7.05 Å². The van der Waals surface area contributed by atoms with Crippen LogP contribution in [0.4, 0.5) is 5.69 Å². The summed E-state index contributed by atoms with van der Waals surface area (Å²) in [5, 5.41) is 10.8. The molecule has 1 aliphatic rings. The van der Waals surface area contributed by atoms with Crippen LogP contribution >= 0.6 is 15.9 Å². The minimum Gasteiger partial charge on any atom is -0.478 e. The number of Topliss-reactive ketones (excluding diaryl/α,β-unsaturated/α-hetero) is 1. The Kier molecular flexibility index (Phi) is 2.98. The SMILES string of the molecule is Cn1nnc(Br)c1C(=O)C1CNc2ccccc2O1. The number of halogens is 1. The summed E-state index contributed by atoms with van der Waals surface area (Å²) in [7, 11) is 1.68. The molecule has 3 rings (SSSR count). The van der Waals surface area contributed by atoms with Crippen LogP contribution in [0.25, 0.3) is 0 Å². The van der Waals surface area contributed by atoms with Gasteiger partial charge in [-0.05, 0) is 28.1 Å². The molecular formula is C12H11BrN4O2. The van der Waals surface area contributed by atoms with Gasteiger partial charge in [-0.15, -0.1) is 5.10 Å². The van der Waals surface area contributed by atoms with Gasteiger partial charge in [0.1, 0.15) is 11.4 Å². The molecular weight excluding hydrogens is 312 g/mol. The summed E-state index contributed by atoms with van der Waals surface area (Å²) in [5.74, 6) is 0.528. The van der Waals surface area contributed by atoms with Crippen molar-refractivity contribution in [1.82, 2.24) is 15.0 Å². The molecule has 0 bridgehead atoms. The van der Waals surface area contributed by atoms with Crippen LogP contribution in [0.15, 0.2) is 28.9 Å². The topological polar surface area (TPSA) is 69.0 Å². The molecule has 0 amide bonds. The molecule has 7 heteroatoms. The van der Waals surface area contributed by atoms with Gasteiger partial charge in [0, 0.05) is 7.05 Å². The Morgan fingerprint density at radius 1 is 1.53 bits per heavy atom. The van der Waals surface area contributed by atoms with Crippen LogP contribution in [-0.4, -0.2) is 33.4 Å². The van der Waals surface area contributed by atoms with Crippen molar-refractivity contribution in [3.05, 3.63) is 34.6 Å². The lowest BCUT2D eigenvalue weighted by molar-refractivity contribution is 0.0790. The number of para-hydroxylation sites is 2. The molecule has 0 saturated carbocycles. The smallest absolute Gasteiger partial charge is 0.225 e. The molecule has 1 aromatic carbocycles. The number of rotatable bonds is 2. The zero-order valence-corrected chi connectivity index (χ0v) is 11.7. The van der Waals surface area contributed by atoms with E-state index >= 15 is 0 Å². The molecule has 1 aromatic heterocycles. The second-order valence-electron chi connectivity index (χ2n) is 4.20. The van der Waals surface area contributed by atoms with E-state index in [0.717, 1.165) is 5.69 Å². The fourth-order valence-corrected chi connectivity index (χ4v) is 2.53. The number of ketones is 1. The second kappa shape index (κ2) is 4.65. The maximum Gasteiger partial charge on any atom is 0.225 e. The first-order chi connectivity index (χ1) is 9.16. The van der Waals surface area contributed by atoms with Crippen molar-refractivity contribution in [3.8, 4) is 5.75 Å². The first kappa shape index (κ1) is 12.2. The number of nitrogens with one attached hydrogen (secondary N) is 1. The van der Waals surface area contributed by atoms with E-state index in [1.54, 1.807) is 7.05 Å². The Morgan fingerprint density at radius 2 is 2.32 bits per heavy atom. The number of hydrogen-bond acceptors (Lipinski definition) is 5. The summed E-state index contributed by atoms with van der Waals surface area (Å²) in [6.07, 6.45) is -0.580. The monoisotopic (exact) mass is 322 g/mol. The molecule has 2 aromatic rings. The number of nitrogens with zero attached hydrogens (tertiary/aromatic N) is 3. The molecule has 0 saturated heterocycles. The number of benzene rings is 1. The van der Waals surface area contributed by atoms with Crippen LogP contribution in [0.2, 0.25) is 0 Å². The molecule has 0 fully saturated rings. The summed E-state index contributed by atoms with van der Waals surface area (Å²) >= 11 is 3.22. The van der Waals surface area contributed by atoms with Crippen molar-refractivity contribution < 1.29 is 9.53 Å². The summed E-state index contributed by atoms with van der Waals surface area (Å²) in [6, 6.07) is 7.53. The summed E-state index contributed by atoms with van der Waals surface area (Å²) in [6.45, 7) is 0.424. The number of anilines is 1. The minimum atomic E-state index is -0.580. The maximum absolute atomic E-state index is 12.4. The molecule has 0 radical (unpaired) electrons. The number of aryl methyl sites for hydroxylation is 1. The highest BCUT2D eigenvalue weighted by Gasteiger charge is 2.30. The lowest BCUT2D eigenvalue weighted by Crippen LogP contribution is -2.38. The van der Waals surface area contributed by atoms with E-state index in [-0.39, 0.29) is 5.78 Å². The molecule has 0 spiro atoms. The van der Waals surface area contributed by atoms with E-state index in [9.17, 15) is 4.79 Å². The van der Waals surface area contributed by atoms with Crippen molar-refractivity contribution in [2.24, 2.45) is 7.05 Å². The van der Waals surface area contributed by atoms with Crippen molar-refractivity contribution in [1.29, 1.82) is 0 Å². The van der Waals surface area contributed by atoms with Gasteiger partial charge in [-0.25, -0.2) is 4.68 Å². The van der Waals surface area contributed by atoms with E-state index in [0.29, 0.717) is 22.6 Å². The van der Waals surface area contributed by atoms with Crippen molar-refractivity contribution >= 4 is 27.4 Å². The highest BCUT2D eigenvalue weighted by molar-refractivity contribution is 9.10. The fourth-order valence-electron chi connectivity index (χ4n) is 2.00. The fraction of sp³-hybridized carbons (Fsp3) is 0.250. The highest BCUT2D eigenvalue weighted by atomic mass is 79.9. The number of carbonyl (C=O) groups is 1. The van der Waals surface area contributed by atoms with E-state index in [1.807, 2.05) is 24.3 Å². The number of carbonyl (C=O) groups excluding carboxylic acids is 1. The molecule has 6 nitrogen and oxygen atoms in total. The van der Waals surface area contributed by atoms with Gasteiger partial charge in [0.05, 0.1) is 12.2 Å². The average Bonchev–Trinajstić information content (AvgIpc) is 2.77. The Morgan fingerprint density at radius 3 is 3.05 bits per heavy atom. The van der Waals surface area contributed by atoms with Crippen LogP contribution in [0.3, 0.4) is 0 Å². The van der Waals surface area contributed by atoms with Gasteiger partial charge in [-0.1, -0.05) is 17.3 Å². The third-order valence-electron chi connectivity index (χ3n) is 2.95. The molecule has 1 aliphatic heterocycles. The van der Waals surface area contributed by atoms with Crippen LogP contribution < -0.4 is 10.1 Å². The third kappa shape index (κ3) is 2.10. The van der Waals surface area contributed by atoms with Gasteiger partial charge in [0.15, 0.2) is 10.7 Å². The number of fused-ring (bicyclic) bond motifs is 1. The number of aromatic nitrogens is 3. The number of hydrogen-bond donors (Lipinski definition) is 1. The lowest BCUT2D eigenvalue weighted by atomic mass is 10.1. The van der Waals surface area contributed by atoms with Crippen molar-refractivity contribution in [3.63, 3.8) is 0 Å². The molecule has 1 N–H and O–H groups in total. The van der Waals surface area contributed by atoms with Gasteiger partial charge in [0.25, 0.3) is 0 Å². The van der Waals surface area contributed by atoms with Crippen molar-refractivity contribution in [2.75, 3.05) is 11.9 Å². The Balaban J connectivity index is 1.88. The number of ether oxygens (including phenoxy) is 1. The molecule has 1 atom stereocenters. The zero-order valence-electron chi connectivity index (χ0n) is 10.1. The van der Waals surface area contributed by atoms with Gasteiger partial charge < -0.3 is 10.1 Å². The van der Waals surface area contributed by atoms with E-state index in [4.69, 9.17) is 4.74 Å². The van der Waals surface area contributed by atoms with Gasteiger partial charge in [0.2, 0.25) is 5.78 Å². The van der Waals surface area contributed by atoms with Gasteiger partial charge in [-0.2, -0.15) is 0 Å². The summed E-state index contributed by atoms with van der Waals surface area (Å²) < 4.78 is 7.60. The second-order valence-corrected chi connectivity index (χ2v) is 4.95. The zero-order chi connectivity index (χ0) is 13.4. The predicted molar refractivity (Wildman–Crippen MR) is 72.4 cm³/mol. The molecule has 0 aliphatic carbocycles. The van der Waals surface area contributed by atoms with Crippen molar-refractivity contribution in [2.45, 2.75) is 6.10 Å². The minimum absolute atomic E-state index is 0.152. The standard InChI is InChI=1S/C12H11BrN4O2/c1-17-10(12(13)15-16-17)11(18)9-6-14-7-4-2-3-5-8(7)19-9/h2-5,9,14H,6H2,1H3. The highest BCUT2D eigenvalue weighted by Crippen LogP contribution is 2.29. The van der Waals surface area contributed by atoms with Crippen LogP contribution in [0, 0.1) is 0 Å². The molecule has 1 unspecified atom stereocenters. The normalized spacial score (nSPS) is 17.3. The molecule has 2 heterocycles. The Bertz CT molecular complexity index is 621. The largest absolute Gasteiger partial charge is 0.478 e. The lowest BCUT2D eigenvalue weighted by Gasteiger charge is -2.26. The van der Waals surface area contributed by atoms with Gasteiger partial charge in [-0.3, -0.25) is 4.79 Å². The van der Waals surface area contributed by atoms with E-state index in [2.05, 4.69) is 31.6 Å². The Labute approximate surface area is 117 Å². The van der Waals surface area contributed by atoms with E-state index in [1.165, 1.54) is 4.68 Å². The first-order valence-electron chi connectivity index (χ1n) is 5.76.